The predicted octanol–water partition coefficient (Wildman–Crippen LogP) is 1.54. The van der Waals surface area contributed by atoms with Crippen LogP contribution in [0.4, 0.5) is 4.79 Å². The van der Waals surface area contributed by atoms with Crippen LogP contribution in [0.2, 0.25) is 0 Å². The minimum atomic E-state index is -0.554. The Hall–Kier alpha value is -1.52. The van der Waals surface area contributed by atoms with Gasteiger partial charge in [0, 0.05) is 14.1 Å². The second-order valence-electron chi connectivity index (χ2n) is 4.98. The van der Waals surface area contributed by atoms with Crippen LogP contribution in [0.5, 0.6) is 0 Å². The highest BCUT2D eigenvalue weighted by Crippen LogP contribution is 2.07. The molecule has 17 heavy (non-hydrogen) atoms. The van der Waals surface area contributed by atoms with E-state index >= 15 is 0 Å². The van der Waals surface area contributed by atoms with Crippen LogP contribution in [0.3, 0.4) is 0 Å². The number of carbonyl (C=O) groups excluding carboxylic acids is 2. The largest absolute Gasteiger partial charge is 0.444 e. The third kappa shape index (κ3) is 7.38. The van der Waals surface area contributed by atoms with Crippen LogP contribution in [-0.4, -0.2) is 42.6 Å². The third-order valence-electron chi connectivity index (χ3n) is 1.88. The number of hydrogen-bond donors (Lipinski definition) is 1. The Balaban J connectivity index is 4.27. The van der Waals surface area contributed by atoms with Crippen LogP contribution in [0, 0.1) is 0 Å². The zero-order valence-electron chi connectivity index (χ0n) is 11.2. The van der Waals surface area contributed by atoms with Crippen molar-refractivity contribution < 1.29 is 14.3 Å². The molecule has 0 aliphatic heterocycles. The molecule has 0 aliphatic rings. The summed E-state index contributed by atoms with van der Waals surface area (Å²) >= 11 is 0. The van der Waals surface area contributed by atoms with Gasteiger partial charge in [-0.3, -0.25) is 4.79 Å². The molecule has 0 heterocycles. The molecule has 0 aromatic rings. The molecule has 0 radical (unpaired) electrons. The first kappa shape index (κ1) is 15.5. The van der Waals surface area contributed by atoms with E-state index in [1.54, 1.807) is 34.9 Å². The standard InChI is InChI=1S/C12H22N2O3/c1-7-9(8-10(15)14(5)6)13-11(16)17-12(2,3)4/h7,9H,1,8H2,2-6H3,(H,13,16)/t9-/m0/s1. The van der Waals surface area contributed by atoms with E-state index in [9.17, 15) is 9.59 Å². The van der Waals surface area contributed by atoms with Gasteiger partial charge in [-0.25, -0.2) is 4.79 Å². The topological polar surface area (TPSA) is 58.6 Å². The van der Waals surface area contributed by atoms with E-state index in [0.29, 0.717) is 0 Å². The molecule has 0 spiro atoms. The Bertz CT molecular complexity index is 293. The van der Waals surface area contributed by atoms with Crippen molar-refractivity contribution in [2.75, 3.05) is 14.1 Å². The van der Waals surface area contributed by atoms with Crippen molar-refractivity contribution in [3.63, 3.8) is 0 Å². The smallest absolute Gasteiger partial charge is 0.408 e. The van der Waals surface area contributed by atoms with Crippen molar-refractivity contribution in [2.45, 2.75) is 38.8 Å². The summed E-state index contributed by atoms with van der Waals surface area (Å²) in [4.78, 5) is 24.4. The molecule has 0 bridgehead atoms. The quantitative estimate of drug-likeness (QED) is 0.761. The lowest BCUT2D eigenvalue weighted by atomic mass is 10.2. The monoisotopic (exact) mass is 242 g/mol. The molecule has 1 N–H and O–H groups in total. The van der Waals surface area contributed by atoms with Crippen molar-refractivity contribution in [3.8, 4) is 0 Å². The van der Waals surface area contributed by atoms with Gasteiger partial charge in [0.15, 0.2) is 0 Å². The number of nitrogens with one attached hydrogen (secondary N) is 1. The Morgan fingerprint density at radius 3 is 2.29 bits per heavy atom. The first-order chi connectivity index (χ1) is 7.65. The zero-order chi connectivity index (χ0) is 13.6. The van der Waals surface area contributed by atoms with Crippen LogP contribution >= 0.6 is 0 Å². The van der Waals surface area contributed by atoms with Crippen LogP contribution < -0.4 is 5.32 Å². The highest BCUT2D eigenvalue weighted by Gasteiger charge is 2.19. The molecule has 5 nitrogen and oxygen atoms in total. The number of amides is 2. The maximum atomic E-state index is 11.5. The van der Waals surface area contributed by atoms with E-state index in [2.05, 4.69) is 11.9 Å². The van der Waals surface area contributed by atoms with Gasteiger partial charge in [0.2, 0.25) is 5.91 Å². The summed E-state index contributed by atoms with van der Waals surface area (Å²) in [7, 11) is 3.33. The molecule has 1 atom stereocenters. The molecule has 0 rings (SSSR count). The summed E-state index contributed by atoms with van der Waals surface area (Å²) in [5.74, 6) is -0.0778. The second kappa shape index (κ2) is 6.27. The fraction of sp³-hybridized carbons (Fsp3) is 0.667. The van der Waals surface area contributed by atoms with Gasteiger partial charge in [0.1, 0.15) is 5.60 Å². The number of rotatable bonds is 4. The molecular weight excluding hydrogens is 220 g/mol. The SMILES string of the molecule is C=C[C@@H](CC(=O)N(C)C)NC(=O)OC(C)(C)C. The van der Waals surface area contributed by atoms with Gasteiger partial charge in [-0.1, -0.05) is 6.08 Å². The third-order valence-corrected chi connectivity index (χ3v) is 1.88. The second-order valence-corrected chi connectivity index (χ2v) is 4.98. The van der Waals surface area contributed by atoms with E-state index < -0.39 is 17.7 Å². The molecule has 0 aromatic carbocycles. The Labute approximate surface area is 103 Å². The molecule has 0 aliphatic carbocycles. The Morgan fingerprint density at radius 1 is 1.41 bits per heavy atom. The van der Waals surface area contributed by atoms with Gasteiger partial charge in [0.25, 0.3) is 0 Å². The fourth-order valence-electron chi connectivity index (χ4n) is 1.02. The molecular formula is C12H22N2O3. The molecule has 98 valence electrons. The average Bonchev–Trinajstić information content (AvgIpc) is 2.13. The summed E-state index contributed by atoms with van der Waals surface area (Å²) in [5, 5.41) is 2.58. The zero-order valence-corrected chi connectivity index (χ0v) is 11.2. The van der Waals surface area contributed by atoms with E-state index in [1.165, 1.54) is 11.0 Å². The minimum Gasteiger partial charge on any atom is -0.444 e. The van der Waals surface area contributed by atoms with Crippen molar-refractivity contribution in [3.05, 3.63) is 12.7 Å². The molecule has 2 amide bonds. The molecule has 5 heteroatoms. The number of hydrogen-bond acceptors (Lipinski definition) is 3. The summed E-state index contributed by atoms with van der Waals surface area (Å²) in [6, 6.07) is -0.417. The summed E-state index contributed by atoms with van der Waals surface area (Å²) in [6.07, 6.45) is 1.15. The van der Waals surface area contributed by atoms with Crippen molar-refractivity contribution in [1.29, 1.82) is 0 Å². The summed E-state index contributed by atoms with van der Waals surface area (Å²) < 4.78 is 5.09. The number of alkyl carbamates (subject to hydrolysis) is 1. The van der Waals surface area contributed by atoms with Gasteiger partial charge in [-0.05, 0) is 20.8 Å². The maximum Gasteiger partial charge on any atom is 0.408 e. The van der Waals surface area contributed by atoms with E-state index in [0.717, 1.165) is 0 Å². The molecule has 0 unspecified atom stereocenters. The van der Waals surface area contributed by atoms with Crippen molar-refractivity contribution >= 4 is 12.0 Å². The van der Waals surface area contributed by atoms with Crippen molar-refractivity contribution in [2.24, 2.45) is 0 Å². The lowest BCUT2D eigenvalue weighted by Gasteiger charge is -2.22. The van der Waals surface area contributed by atoms with Crippen LogP contribution in [0.25, 0.3) is 0 Å². The lowest BCUT2D eigenvalue weighted by Crippen LogP contribution is -2.40. The van der Waals surface area contributed by atoms with Gasteiger partial charge in [-0.2, -0.15) is 0 Å². The van der Waals surface area contributed by atoms with Gasteiger partial charge in [-0.15, -0.1) is 6.58 Å². The van der Waals surface area contributed by atoms with Crippen LogP contribution in [-0.2, 0) is 9.53 Å². The van der Waals surface area contributed by atoms with Gasteiger partial charge in [0.05, 0.1) is 12.5 Å². The normalized spacial score (nSPS) is 12.5. The minimum absolute atomic E-state index is 0.0778. The van der Waals surface area contributed by atoms with E-state index in [-0.39, 0.29) is 12.3 Å². The Morgan fingerprint density at radius 2 is 1.94 bits per heavy atom. The predicted molar refractivity (Wildman–Crippen MR) is 66.7 cm³/mol. The first-order valence-corrected chi connectivity index (χ1v) is 5.48. The summed E-state index contributed by atoms with van der Waals surface area (Å²) in [6.45, 7) is 8.92. The van der Waals surface area contributed by atoms with E-state index in [1.807, 2.05) is 0 Å². The first-order valence-electron chi connectivity index (χ1n) is 5.48. The summed E-state index contributed by atoms with van der Waals surface area (Å²) in [5.41, 5.74) is -0.554. The van der Waals surface area contributed by atoms with E-state index in [4.69, 9.17) is 4.74 Å². The van der Waals surface area contributed by atoms with Crippen molar-refractivity contribution in [1.82, 2.24) is 10.2 Å². The van der Waals surface area contributed by atoms with Gasteiger partial charge < -0.3 is 15.0 Å². The molecule has 0 saturated heterocycles. The molecule has 0 fully saturated rings. The fourth-order valence-corrected chi connectivity index (χ4v) is 1.02. The Kier molecular flexibility index (Phi) is 5.71. The lowest BCUT2D eigenvalue weighted by molar-refractivity contribution is -0.128. The highest BCUT2D eigenvalue weighted by atomic mass is 16.6. The number of carbonyl (C=O) groups is 2. The molecule has 0 aromatic heterocycles. The van der Waals surface area contributed by atoms with Crippen LogP contribution in [0.15, 0.2) is 12.7 Å². The number of nitrogens with zero attached hydrogens (tertiary/aromatic N) is 1. The average molecular weight is 242 g/mol. The number of ether oxygens (including phenoxy) is 1. The van der Waals surface area contributed by atoms with Gasteiger partial charge >= 0.3 is 6.09 Å². The highest BCUT2D eigenvalue weighted by molar-refractivity contribution is 5.77. The molecule has 0 saturated carbocycles. The van der Waals surface area contributed by atoms with Crippen LogP contribution in [0.1, 0.15) is 27.2 Å². The maximum absolute atomic E-state index is 11.5.